The number of methoxy groups -OCH3 is 1. The molecule has 2 N–H and O–H groups in total. The zero-order chi connectivity index (χ0) is 21.5. The van der Waals surface area contributed by atoms with Gasteiger partial charge in [0, 0.05) is 20.1 Å². The molecule has 0 aliphatic heterocycles. The Bertz CT molecular complexity index is 857. The van der Waals surface area contributed by atoms with Crippen LogP contribution in [0.2, 0.25) is 5.15 Å². The van der Waals surface area contributed by atoms with Gasteiger partial charge < -0.3 is 20.1 Å². The molecule has 0 bridgehead atoms. The Balaban J connectivity index is 1.56. The van der Waals surface area contributed by atoms with Gasteiger partial charge in [0.2, 0.25) is 17.7 Å². The third kappa shape index (κ3) is 6.02. The molecule has 1 amide bonds. The first kappa shape index (κ1) is 22.2. The van der Waals surface area contributed by atoms with Gasteiger partial charge >= 0.3 is 0 Å². The van der Waals surface area contributed by atoms with Crippen molar-refractivity contribution < 1.29 is 18.7 Å². The second-order valence-corrected chi connectivity index (χ2v) is 7.62. The summed E-state index contributed by atoms with van der Waals surface area (Å²) in [5.74, 6) is -0.306. The monoisotopic (exact) mass is 440 g/mol. The summed E-state index contributed by atoms with van der Waals surface area (Å²) in [7, 11) is 1.60. The molecule has 0 spiro atoms. The summed E-state index contributed by atoms with van der Waals surface area (Å²) in [5.41, 5.74) is 0.502. The van der Waals surface area contributed by atoms with E-state index in [1.807, 2.05) is 0 Å². The summed E-state index contributed by atoms with van der Waals surface area (Å²) >= 11 is 6.28. The van der Waals surface area contributed by atoms with Crippen molar-refractivity contribution in [2.45, 2.75) is 45.2 Å². The van der Waals surface area contributed by atoms with Gasteiger partial charge in [-0.15, -0.1) is 0 Å². The van der Waals surface area contributed by atoms with Crippen LogP contribution in [0.3, 0.4) is 0 Å². The SMILES string of the molecule is COCCn1ncc(Nc2ncc(F)c(OCC3CCC(NC(C)=O)CC3)n2)c1Cl. The van der Waals surface area contributed by atoms with E-state index in [-0.39, 0.29) is 29.7 Å². The second kappa shape index (κ2) is 10.5. The van der Waals surface area contributed by atoms with Crippen molar-refractivity contribution in [2.75, 3.05) is 25.6 Å². The molecule has 1 aliphatic carbocycles. The van der Waals surface area contributed by atoms with Gasteiger partial charge in [-0.25, -0.2) is 9.67 Å². The predicted molar refractivity (Wildman–Crippen MR) is 109 cm³/mol. The van der Waals surface area contributed by atoms with E-state index in [4.69, 9.17) is 21.1 Å². The summed E-state index contributed by atoms with van der Waals surface area (Å²) < 4.78 is 26.3. The largest absolute Gasteiger partial charge is 0.475 e. The average Bonchev–Trinajstić information content (AvgIpc) is 3.07. The Kier molecular flexibility index (Phi) is 7.81. The van der Waals surface area contributed by atoms with E-state index in [2.05, 4.69) is 25.7 Å². The van der Waals surface area contributed by atoms with Crippen molar-refractivity contribution >= 4 is 29.1 Å². The van der Waals surface area contributed by atoms with E-state index in [1.54, 1.807) is 18.0 Å². The lowest BCUT2D eigenvalue weighted by Crippen LogP contribution is -2.37. The lowest BCUT2D eigenvalue weighted by Gasteiger charge is -2.28. The van der Waals surface area contributed by atoms with E-state index >= 15 is 0 Å². The maximum absolute atomic E-state index is 14.1. The summed E-state index contributed by atoms with van der Waals surface area (Å²) in [4.78, 5) is 19.2. The van der Waals surface area contributed by atoms with Gasteiger partial charge in [-0.2, -0.15) is 14.5 Å². The van der Waals surface area contributed by atoms with Crippen molar-refractivity contribution in [1.82, 2.24) is 25.1 Å². The number of anilines is 2. The number of carbonyl (C=O) groups excluding carboxylic acids is 1. The summed E-state index contributed by atoms with van der Waals surface area (Å²) in [6.45, 7) is 2.85. The number of carbonyl (C=O) groups is 1. The number of aromatic nitrogens is 4. The normalized spacial score (nSPS) is 18.8. The molecular weight excluding hydrogens is 415 g/mol. The molecule has 0 saturated heterocycles. The van der Waals surface area contributed by atoms with Crippen molar-refractivity contribution in [3.8, 4) is 5.88 Å². The van der Waals surface area contributed by atoms with Gasteiger partial charge in [-0.3, -0.25) is 4.79 Å². The van der Waals surface area contributed by atoms with Crippen molar-refractivity contribution in [3.05, 3.63) is 23.4 Å². The molecule has 11 heteroatoms. The predicted octanol–water partition coefficient (Wildman–Crippen LogP) is 2.93. The van der Waals surface area contributed by atoms with Crippen LogP contribution in [0.15, 0.2) is 12.4 Å². The van der Waals surface area contributed by atoms with Crippen LogP contribution in [-0.2, 0) is 16.1 Å². The number of hydrogen-bond donors (Lipinski definition) is 2. The fraction of sp³-hybridized carbons (Fsp3) is 0.579. The highest BCUT2D eigenvalue weighted by Gasteiger charge is 2.23. The lowest BCUT2D eigenvalue weighted by molar-refractivity contribution is -0.119. The Morgan fingerprint density at radius 1 is 1.33 bits per heavy atom. The van der Waals surface area contributed by atoms with Crippen LogP contribution < -0.4 is 15.4 Å². The molecule has 0 unspecified atom stereocenters. The molecule has 3 rings (SSSR count). The molecule has 1 fully saturated rings. The minimum atomic E-state index is -0.630. The zero-order valence-electron chi connectivity index (χ0n) is 17.0. The highest BCUT2D eigenvalue weighted by atomic mass is 35.5. The van der Waals surface area contributed by atoms with Crippen LogP contribution in [0.4, 0.5) is 16.0 Å². The number of amides is 1. The highest BCUT2D eigenvalue weighted by molar-refractivity contribution is 6.32. The topological polar surface area (TPSA) is 103 Å². The highest BCUT2D eigenvalue weighted by Crippen LogP contribution is 2.27. The summed E-state index contributed by atoms with van der Waals surface area (Å²) in [6, 6.07) is 0.208. The average molecular weight is 441 g/mol. The molecule has 2 heterocycles. The first-order valence-electron chi connectivity index (χ1n) is 9.86. The fourth-order valence-corrected chi connectivity index (χ4v) is 3.60. The lowest BCUT2D eigenvalue weighted by atomic mass is 9.86. The van der Waals surface area contributed by atoms with Crippen molar-refractivity contribution in [2.24, 2.45) is 5.92 Å². The third-order valence-electron chi connectivity index (χ3n) is 4.95. The molecule has 9 nitrogen and oxygen atoms in total. The first-order valence-corrected chi connectivity index (χ1v) is 10.2. The van der Waals surface area contributed by atoms with Crippen molar-refractivity contribution in [1.29, 1.82) is 0 Å². The minimum absolute atomic E-state index is 0.0119. The molecule has 30 heavy (non-hydrogen) atoms. The van der Waals surface area contributed by atoms with E-state index in [9.17, 15) is 9.18 Å². The Morgan fingerprint density at radius 3 is 2.80 bits per heavy atom. The van der Waals surface area contributed by atoms with Crippen LogP contribution in [-0.4, -0.2) is 52.0 Å². The molecule has 1 aliphatic rings. The van der Waals surface area contributed by atoms with Crippen molar-refractivity contribution in [3.63, 3.8) is 0 Å². The zero-order valence-corrected chi connectivity index (χ0v) is 17.8. The van der Waals surface area contributed by atoms with E-state index in [0.29, 0.717) is 30.6 Å². The maximum atomic E-state index is 14.1. The third-order valence-corrected chi connectivity index (χ3v) is 5.35. The van der Waals surface area contributed by atoms with Gasteiger partial charge in [-0.05, 0) is 31.6 Å². The summed E-state index contributed by atoms with van der Waals surface area (Å²) in [5, 5.41) is 10.4. The minimum Gasteiger partial charge on any atom is -0.475 e. The number of nitrogens with zero attached hydrogens (tertiary/aromatic N) is 4. The van der Waals surface area contributed by atoms with Gasteiger partial charge in [-0.1, -0.05) is 11.6 Å². The Morgan fingerprint density at radius 2 is 2.10 bits per heavy atom. The van der Waals surface area contributed by atoms with E-state index < -0.39 is 5.82 Å². The maximum Gasteiger partial charge on any atom is 0.255 e. The number of ether oxygens (including phenoxy) is 2. The number of nitrogens with one attached hydrogen (secondary N) is 2. The smallest absolute Gasteiger partial charge is 0.255 e. The molecule has 2 aromatic heterocycles. The molecule has 164 valence electrons. The molecule has 1 saturated carbocycles. The van der Waals surface area contributed by atoms with Gasteiger partial charge in [0.15, 0.2) is 5.15 Å². The van der Waals surface area contributed by atoms with E-state index in [1.165, 1.54) is 6.92 Å². The molecule has 0 aromatic carbocycles. The molecule has 2 aromatic rings. The number of rotatable bonds is 9. The van der Waals surface area contributed by atoms with Gasteiger partial charge in [0.05, 0.1) is 37.8 Å². The molecular formula is C19H26ClFN6O3. The molecule has 0 atom stereocenters. The van der Waals surface area contributed by atoms with Crippen LogP contribution in [0.5, 0.6) is 5.88 Å². The molecule has 0 radical (unpaired) electrons. The van der Waals surface area contributed by atoms with Crippen LogP contribution >= 0.6 is 11.6 Å². The van der Waals surface area contributed by atoms with E-state index in [0.717, 1.165) is 31.9 Å². The Hall–Kier alpha value is -2.46. The van der Waals surface area contributed by atoms with Crippen LogP contribution in [0.25, 0.3) is 0 Å². The Labute approximate surface area is 179 Å². The fourth-order valence-electron chi connectivity index (χ4n) is 3.38. The second-order valence-electron chi connectivity index (χ2n) is 7.27. The standard InChI is InChI=1S/C19H26ClFN6O3/c1-12(28)24-14-5-3-13(4-6-14)11-30-18-15(21)9-22-19(26-18)25-16-10-23-27(17(16)20)7-8-29-2/h9-10,13-14H,3-8,11H2,1-2H3,(H,24,28)(H,22,25,26). The summed E-state index contributed by atoms with van der Waals surface area (Å²) in [6.07, 6.45) is 6.18. The number of halogens is 2. The van der Waals surface area contributed by atoms with Crippen LogP contribution in [0.1, 0.15) is 32.6 Å². The van der Waals surface area contributed by atoms with Gasteiger partial charge in [0.25, 0.3) is 5.88 Å². The first-order chi connectivity index (χ1) is 14.5. The van der Waals surface area contributed by atoms with Crippen LogP contribution in [0, 0.1) is 11.7 Å². The quantitative estimate of drug-likeness (QED) is 0.617. The number of hydrogen-bond acceptors (Lipinski definition) is 7. The van der Waals surface area contributed by atoms with Gasteiger partial charge in [0.1, 0.15) is 0 Å².